The highest BCUT2D eigenvalue weighted by atomic mass is 16.5. The van der Waals surface area contributed by atoms with Crippen molar-refractivity contribution in [3.8, 4) is 0 Å². The highest BCUT2D eigenvalue weighted by molar-refractivity contribution is 5.15. The summed E-state index contributed by atoms with van der Waals surface area (Å²) in [5.74, 6) is 0. The average molecular weight is 350 g/mol. The van der Waals surface area contributed by atoms with E-state index in [-0.39, 0.29) is 0 Å². The molecule has 0 aliphatic carbocycles. The van der Waals surface area contributed by atoms with Crippen molar-refractivity contribution in [3.63, 3.8) is 0 Å². The third-order valence-corrected chi connectivity index (χ3v) is 4.49. The molecule has 2 aromatic carbocycles. The molecule has 0 heterocycles. The maximum absolute atomic E-state index is 5.89. The monoisotopic (exact) mass is 349 g/mol. The maximum Gasteiger partial charge on any atom is 0.0716 e. The number of ether oxygens (including phenoxy) is 1. The van der Waals surface area contributed by atoms with Gasteiger partial charge in [0.25, 0.3) is 0 Å². The van der Waals surface area contributed by atoms with E-state index < -0.39 is 0 Å². The van der Waals surface area contributed by atoms with Crippen molar-refractivity contribution in [2.45, 2.75) is 38.5 Å². The molecule has 0 aromatic heterocycles. The van der Waals surface area contributed by atoms with Crippen LogP contribution >= 0.6 is 0 Å². The molecule has 2 heteroatoms. The Morgan fingerprint density at radius 3 is 2.19 bits per heavy atom. The minimum absolute atomic E-state index is 0.316. The number of hydrogen-bond acceptors (Lipinski definition) is 2. The molecule has 0 bridgehead atoms. The summed E-state index contributed by atoms with van der Waals surface area (Å²) in [6.45, 7) is 11.3. The van der Waals surface area contributed by atoms with Gasteiger partial charge in [0.05, 0.1) is 6.61 Å². The summed E-state index contributed by atoms with van der Waals surface area (Å²) in [5.41, 5.74) is 2.55. The van der Waals surface area contributed by atoms with Crippen LogP contribution in [0.15, 0.2) is 86.0 Å². The van der Waals surface area contributed by atoms with Gasteiger partial charge in [0.1, 0.15) is 0 Å². The van der Waals surface area contributed by atoms with E-state index in [4.69, 9.17) is 4.74 Å². The second kappa shape index (κ2) is 12.2. The summed E-state index contributed by atoms with van der Waals surface area (Å²) < 4.78 is 5.89. The molecule has 1 atom stereocenters. The molecule has 0 aliphatic heterocycles. The molecule has 0 aliphatic rings. The van der Waals surface area contributed by atoms with Crippen LogP contribution in [-0.2, 0) is 17.9 Å². The zero-order chi connectivity index (χ0) is 18.5. The Labute approximate surface area is 158 Å². The number of benzene rings is 2. The quantitative estimate of drug-likeness (QED) is 0.344. The SMILES string of the molecule is C=CCCCN(Cc1ccccc1)[C@@H](C=C)CCOCc1ccccc1. The second-order valence-electron chi connectivity index (χ2n) is 6.52. The van der Waals surface area contributed by atoms with Gasteiger partial charge in [0, 0.05) is 19.2 Å². The van der Waals surface area contributed by atoms with Crippen LogP contribution in [0.1, 0.15) is 30.4 Å². The van der Waals surface area contributed by atoms with E-state index in [2.05, 4.69) is 66.6 Å². The van der Waals surface area contributed by atoms with Gasteiger partial charge < -0.3 is 4.74 Å². The van der Waals surface area contributed by atoms with Crippen LogP contribution in [0.3, 0.4) is 0 Å². The molecular weight excluding hydrogens is 318 g/mol. The predicted molar refractivity (Wildman–Crippen MR) is 111 cm³/mol. The fourth-order valence-electron chi connectivity index (χ4n) is 3.04. The molecule has 0 saturated heterocycles. The molecule has 0 fully saturated rings. The van der Waals surface area contributed by atoms with Gasteiger partial charge in [-0.3, -0.25) is 4.90 Å². The summed E-state index contributed by atoms with van der Waals surface area (Å²) in [6.07, 6.45) is 7.16. The molecule has 0 unspecified atom stereocenters. The molecule has 2 nitrogen and oxygen atoms in total. The molecule has 0 spiro atoms. The molecule has 2 rings (SSSR count). The fraction of sp³-hybridized carbons (Fsp3) is 0.333. The Morgan fingerprint density at radius 2 is 1.58 bits per heavy atom. The van der Waals surface area contributed by atoms with E-state index in [0.717, 1.165) is 39.0 Å². The molecule has 26 heavy (non-hydrogen) atoms. The van der Waals surface area contributed by atoms with Gasteiger partial charge >= 0.3 is 0 Å². The summed E-state index contributed by atoms with van der Waals surface area (Å²) in [7, 11) is 0. The van der Waals surface area contributed by atoms with Crippen LogP contribution in [0.2, 0.25) is 0 Å². The minimum Gasteiger partial charge on any atom is -0.377 e. The van der Waals surface area contributed by atoms with Gasteiger partial charge in [0.15, 0.2) is 0 Å². The standard InChI is InChI=1S/C24H31NO/c1-3-5-12-18-25(20-22-13-8-6-9-14-22)24(4-2)17-19-26-21-23-15-10-7-11-16-23/h3-4,6-11,13-16,24H,1-2,5,12,17-21H2/t24-/m0/s1. The molecule has 0 saturated carbocycles. The Bertz CT molecular complexity index is 623. The highest BCUT2D eigenvalue weighted by Crippen LogP contribution is 2.14. The van der Waals surface area contributed by atoms with Crippen LogP contribution in [0.25, 0.3) is 0 Å². The largest absolute Gasteiger partial charge is 0.377 e. The molecule has 138 valence electrons. The van der Waals surface area contributed by atoms with Gasteiger partial charge in [0.2, 0.25) is 0 Å². The first-order valence-electron chi connectivity index (χ1n) is 9.46. The van der Waals surface area contributed by atoms with E-state index in [1.165, 1.54) is 11.1 Å². The van der Waals surface area contributed by atoms with Crippen molar-refractivity contribution in [1.82, 2.24) is 4.90 Å². The normalized spacial score (nSPS) is 12.0. The smallest absolute Gasteiger partial charge is 0.0716 e. The Hall–Kier alpha value is -2.16. The molecule has 0 N–H and O–H groups in total. The molecule has 0 radical (unpaired) electrons. The van der Waals surface area contributed by atoms with Gasteiger partial charge in [-0.2, -0.15) is 0 Å². The lowest BCUT2D eigenvalue weighted by atomic mass is 10.1. The van der Waals surface area contributed by atoms with Crippen molar-refractivity contribution < 1.29 is 4.74 Å². The van der Waals surface area contributed by atoms with E-state index in [1.54, 1.807) is 0 Å². The first-order chi connectivity index (χ1) is 12.8. The zero-order valence-corrected chi connectivity index (χ0v) is 15.7. The van der Waals surface area contributed by atoms with Crippen LogP contribution < -0.4 is 0 Å². The summed E-state index contributed by atoms with van der Waals surface area (Å²) in [5, 5.41) is 0. The Morgan fingerprint density at radius 1 is 0.923 bits per heavy atom. The zero-order valence-electron chi connectivity index (χ0n) is 15.7. The molecule has 0 amide bonds. The summed E-state index contributed by atoms with van der Waals surface area (Å²) >= 11 is 0. The summed E-state index contributed by atoms with van der Waals surface area (Å²) in [4.78, 5) is 2.50. The third-order valence-electron chi connectivity index (χ3n) is 4.49. The van der Waals surface area contributed by atoms with Crippen LogP contribution in [0, 0.1) is 0 Å². The molecule has 2 aromatic rings. The lowest BCUT2D eigenvalue weighted by Crippen LogP contribution is -2.35. The Balaban J connectivity index is 1.87. The summed E-state index contributed by atoms with van der Waals surface area (Å²) in [6, 6.07) is 21.3. The van der Waals surface area contributed by atoms with Crippen LogP contribution in [0.5, 0.6) is 0 Å². The lowest BCUT2D eigenvalue weighted by Gasteiger charge is -2.30. The maximum atomic E-state index is 5.89. The van der Waals surface area contributed by atoms with Crippen molar-refractivity contribution >= 4 is 0 Å². The van der Waals surface area contributed by atoms with Crippen LogP contribution in [0.4, 0.5) is 0 Å². The van der Waals surface area contributed by atoms with E-state index >= 15 is 0 Å². The van der Waals surface area contributed by atoms with E-state index in [1.807, 2.05) is 24.3 Å². The third kappa shape index (κ3) is 7.38. The van der Waals surface area contributed by atoms with Gasteiger partial charge in [-0.25, -0.2) is 0 Å². The van der Waals surface area contributed by atoms with Crippen molar-refractivity contribution in [1.29, 1.82) is 0 Å². The lowest BCUT2D eigenvalue weighted by molar-refractivity contribution is 0.0948. The van der Waals surface area contributed by atoms with Crippen LogP contribution in [-0.4, -0.2) is 24.1 Å². The Kier molecular flexibility index (Phi) is 9.48. The predicted octanol–water partition coefficient (Wildman–Crippen LogP) is 5.62. The number of allylic oxidation sites excluding steroid dienone is 1. The number of unbranched alkanes of at least 4 members (excludes halogenated alkanes) is 1. The topological polar surface area (TPSA) is 12.5 Å². The first-order valence-corrected chi connectivity index (χ1v) is 9.46. The number of rotatable bonds is 13. The highest BCUT2D eigenvalue weighted by Gasteiger charge is 2.15. The first kappa shape index (κ1) is 20.2. The van der Waals surface area contributed by atoms with Crippen molar-refractivity contribution in [3.05, 3.63) is 97.1 Å². The minimum atomic E-state index is 0.316. The number of nitrogens with zero attached hydrogens (tertiary/aromatic N) is 1. The van der Waals surface area contributed by atoms with E-state index in [0.29, 0.717) is 12.6 Å². The van der Waals surface area contributed by atoms with Gasteiger partial charge in [-0.05, 0) is 36.9 Å². The fourth-order valence-corrected chi connectivity index (χ4v) is 3.04. The second-order valence-corrected chi connectivity index (χ2v) is 6.52. The number of hydrogen-bond donors (Lipinski definition) is 0. The van der Waals surface area contributed by atoms with Gasteiger partial charge in [-0.1, -0.05) is 72.8 Å². The average Bonchev–Trinajstić information content (AvgIpc) is 2.69. The van der Waals surface area contributed by atoms with Crippen molar-refractivity contribution in [2.75, 3.05) is 13.2 Å². The van der Waals surface area contributed by atoms with Crippen molar-refractivity contribution in [2.24, 2.45) is 0 Å². The van der Waals surface area contributed by atoms with Gasteiger partial charge in [-0.15, -0.1) is 13.2 Å². The van der Waals surface area contributed by atoms with E-state index in [9.17, 15) is 0 Å². The molecular formula is C24H31NO.